The van der Waals surface area contributed by atoms with E-state index in [2.05, 4.69) is 24.1 Å². The van der Waals surface area contributed by atoms with Gasteiger partial charge in [-0.3, -0.25) is 4.90 Å². The zero-order valence-corrected chi connectivity index (χ0v) is 14.9. The van der Waals surface area contributed by atoms with E-state index < -0.39 is 9.84 Å². The van der Waals surface area contributed by atoms with Crippen molar-refractivity contribution in [1.82, 2.24) is 10.2 Å². The van der Waals surface area contributed by atoms with Crippen molar-refractivity contribution in [2.24, 2.45) is 5.92 Å². The fourth-order valence-corrected chi connectivity index (χ4v) is 4.44. The van der Waals surface area contributed by atoms with Gasteiger partial charge in [0, 0.05) is 31.2 Å². The van der Waals surface area contributed by atoms with E-state index in [-0.39, 0.29) is 10.8 Å². The second-order valence-corrected chi connectivity index (χ2v) is 9.79. The highest BCUT2D eigenvalue weighted by Crippen LogP contribution is 2.37. The number of piperazine rings is 1. The van der Waals surface area contributed by atoms with Crippen LogP contribution in [-0.2, 0) is 9.84 Å². The largest absolute Gasteiger partial charge is 0.311 e. The van der Waals surface area contributed by atoms with E-state index in [4.69, 9.17) is 0 Å². The standard InChI is InChI=1S/C16H32N2O2S/c1-5-16(6-2)12-17-15(14-7-8-14)11-18(16)9-10-21(19,20)13(3)4/h13-15,17H,5-12H2,1-4H3. The van der Waals surface area contributed by atoms with Gasteiger partial charge in [0.05, 0.1) is 11.0 Å². The van der Waals surface area contributed by atoms with E-state index in [1.54, 1.807) is 13.8 Å². The summed E-state index contributed by atoms with van der Waals surface area (Å²) in [5, 5.41) is 3.47. The Morgan fingerprint density at radius 1 is 1.24 bits per heavy atom. The second-order valence-electron chi connectivity index (χ2n) is 7.12. The highest BCUT2D eigenvalue weighted by Gasteiger charge is 2.43. The van der Waals surface area contributed by atoms with E-state index in [1.165, 1.54) is 12.8 Å². The van der Waals surface area contributed by atoms with Gasteiger partial charge in [-0.15, -0.1) is 0 Å². The minimum atomic E-state index is -2.95. The van der Waals surface area contributed by atoms with Crippen molar-refractivity contribution in [1.29, 1.82) is 0 Å². The van der Waals surface area contributed by atoms with Gasteiger partial charge in [-0.1, -0.05) is 13.8 Å². The van der Waals surface area contributed by atoms with E-state index in [0.29, 0.717) is 18.3 Å². The van der Waals surface area contributed by atoms with Crippen LogP contribution in [0.15, 0.2) is 0 Å². The number of sulfone groups is 1. The second kappa shape index (κ2) is 6.55. The molecule has 124 valence electrons. The van der Waals surface area contributed by atoms with Crippen molar-refractivity contribution in [2.75, 3.05) is 25.4 Å². The molecule has 1 heterocycles. The van der Waals surface area contributed by atoms with E-state index in [9.17, 15) is 8.42 Å². The van der Waals surface area contributed by atoms with Crippen LogP contribution in [-0.4, -0.2) is 55.5 Å². The summed E-state index contributed by atoms with van der Waals surface area (Å²) in [4.78, 5) is 2.48. The Labute approximate surface area is 130 Å². The highest BCUT2D eigenvalue weighted by molar-refractivity contribution is 7.92. The minimum absolute atomic E-state index is 0.137. The summed E-state index contributed by atoms with van der Waals surface area (Å²) in [5.74, 6) is 1.12. The third-order valence-corrected chi connectivity index (χ3v) is 7.84. The summed E-state index contributed by atoms with van der Waals surface area (Å²) in [6.45, 7) is 10.7. The van der Waals surface area contributed by atoms with Crippen molar-refractivity contribution in [3.8, 4) is 0 Å². The van der Waals surface area contributed by atoms with Gasteiger partial charge in [-0.05, 0) is 45.4 Å². The lowest BCUT2D eigenvalue weighted by Crippen LogP contribution is -2.65. The summed E-state index contributed by atoms with van der Waals surface area (Å²) in [6, 6.07) is 0.568. The maximum Gasteiger partial charge on any atom is 0.153 e. The summed E-state index contributed by atoms with van der Waals surface area (Å²) in [5.41, 5.74) is 0.137. The van der Waals surface area contributed by atoms with Crippen molar-refractivity contribution < 1.29 is 8.42 Å². The van der Waals surface area contributed by atoms with Crippen LogP contribution in [0.1, 0.15) is 53.4 Å². The van der Waals surface area contributed by atoms with E-state index in [1.807, 2.05) is 0 Å². The Morgan fingerprint density at radius 3 is 2.33 bits per heavy atom. The van der Waals surface area contributed by atoms with Gasteiger partial charge < -0.3 is 5.32 Å². The van der Waals surface area contributed by atoms with Crippen LogP contribution in [0.5, 0.6) is 0 Å². The molecular formula is C16H32N2O2S. The molecule has 2 rings (SSSR count). The molecule has 1 atom stereocenters. The molecule has 21 heavy (non-hydrogen) atoms. The number of nitrogens with zero attached hydrogens (tertiary/aromatic N) is 1. The first-order valence-electron chi connectivity index (χ1n) is 8.54. The van der Waals surface area contributed by atoms with Crippen LogP contribution in [0.3, 0.4) is 0 Å². The first-order valence-corrected chi connectivity index (χ1v) is 10.3. The molecule has 4 nitrogen and oxygen atoms in total. The maximum absolute atomic E-state index is 12.1. The lowest BCUT2D eigenvalue weighted by molar-refractivity contribution is 0.0326. The van der Waals surface area contributed by atoms with Gasteiger partial charge in [0.25, 0.3) is 0 Å². The average Bonchev–Trinajstić information content (AvgIpc) is 3.29. The summed E-state index contributed by atoms with van der Waals surface area (Å²) in [7, 11) is -2.95. The molecule has 2 fully saturated rings. The van der Waals surface area contributed by atoms with E-state index >= 15 is 0 Å². The molecule has 1 unspecified atom stereocenters. The number of nitrogens with one attached hydrogen (secondary N) is 1. The molecular weight excluding hydrogens is 284 g/mol. The maximum atomic E-state index is 12.1. The van der Waals surface area contributed by atoms with Gasteiger partial charge in [-0.25, -0.2) is 8.42 Å². The zero-order chi connectivity index (χ0) is 15.7. The van der Waals surface area contributed by atoms with Crippen molar-refractivity contribution in [3.63, 3.8) is 0 Å². The molecule has 0 aromatic rings. The molecule has 0 bridgehead atoms. The highest BCUT2D eigenvalue weighted by atomic mass is 32.2. The lowest BCUT2D eigenvalue weighted by atomic mass is 9.86. The average molecular weight is 317 g/mol. The SMILES string of the molecule is CCC1(CC)CNC(C2CC2)CN1CCS(=O)(=O)C(C)C. The third-order valence-electron chi connectivity index (χ3n) is 5.65. The van der Waals surface area contributed by atoms with Crippen LogP contribution in [0.4, 0.5) is 0 Å². The van der Waals surface area contributed by atoms with Crippen molar-refractivity contribution in [3.05, 3.63) is 0 Å². The summed E-state index contributed by atoms with van der Waals surface area (Å²) in [6.07, 6.45) is 4.83. The van der Waals surface area contributed by atoms with Gasteiger partial charge in [-0.2, -0.15) is 0 Å². The Morgan fingerprint density at radius 2 is 1.86 bits per heavy atom. The zero-order valence-electron chi connectivity index (χ0n) is 14.1. The molecule has 0 aromatic heterocycles. The van der Waals surface area contributed by atoms with Crippen LogP contribution >= 0.6 is 0 Å². The van der Waals surface area contributed by atoms with Gasteiger partial charge in [0.15, 0.2) is 9.84 Å². The lowest BCUT2D eigenvalue weighted by Gasteiger charge is -2.50. The fraction of sp³-hybridized carbons (Fsp3) is 1.00. The molecule has 1 saturated carbocycles. The van der Waals surface area contributed by atoms with Crippen molar-refractivity contribution in [2.45, 2.75) is 70.2 Å². The molecule has 0 amide bonds. The predicted molar refractivity (Wildman–Crippen MR) is 88.3 cm³/mol. The minimum Gasteiger partial charge on any atom is -0.311 e. The number of hydrogen-bond acceptors (Lipinski definition) is 4. The third kappa shape index (κ3) is 3.80. The van der Waals surface area contributed by atoms with E-state index in [0.717, 1.165) is 31.8 Å². The van der Waals surface area contributed by atoms with Crippen LogP contribution < -0.4 is 5.32 Å². The van der Waals surface area contributed by atoms with Crippen molar-refractivity contribution >= 4 is 9.84 Å². The quantitative estimate of drug-likeness (QED) is 0.781. The molecule has 1 aliphatic carbocycles. The van der Waals surface area contributed by atoms with Crippen LogP contribution in [0, 0.1) is 5.92 Å². The smallest absolute Gasteiger partial charge is 0.153 e. The van der Waals surface area contributed by atoms with Crippen LogP contribution in [0.2, 0.25) is 0 Å². The summed E-state index contributed by atoms with van der Waals surface area (Å²) >= 11 is 0. The van der Waals surface area contributed by atoms with Crippen LogP contribution in [0.25, 0.3) is 0 Å². The van der Waals surface area contributed by atoms with Gasteiger partial charge in [0.2, 0.25) is 0 Å². The topological polar surface area (TPSA) is 49.4 Å². The molecule has 1 saturated heterocycles. The first-order chi connectivity index (χ1) is 9.84. The normalized spacial score (nSPS) is 27.2. The predicted octanol–water partition coefficient (Wildman–Crippen LogP) is 2.05. The molecule has 2 aliphatic rings. The Balaban J connectivity index is 2.06. The monoisotopic (exact) mass is 316 g/mol. The Bertz CT molecular complexity index is 439. The first kappa shape index (κ1) is 17.2. The summed E-state index contributed by atoms with van der Waals surface area (Å²) < 4.78 is 24.3. The fourth-order valence-electron chi connectivity index (χ4n) is 3.49. The molecule has 1 aliphatic heterocycles. The molecule has 0 spiro atoms. The Kier molecular flexibility index (Phi) is 5.37. The molecule has 0 aromatic carbocycles. The molecule has 5 heteroatoms. The molecule has 1 N–H and O–H groups in total. The van der Waals surface area contributed by atoms with Gasteiger partial charge >= 0.3 is 0 Å². The number of rotatable bonds is 7. The molecule has 0 radical (unpaired) electrons. The number of hydrogen-bond donors (Lipinski definition) is 1. The van der Waals surface area contributed by atoms with Gasteiger partial charge in [0.1, 0.15) is 0 Å². The Hall–Kier alpha value is -0.130.